The Bertz CT molecular complexity index is 548. The second-order valence-electron chi connectivity index (χ2n) is 4.64. The molecule has 0 atom stereocenters. The van der Waals surface area contributed by atoms with Crippen molar-refractivity contribution < 1.29 is 20.4 Å². The van der Waals surface area contributed by atoms with Crippen LogP contribution >= 0.6 is 0 Å². The molecule has 2 rings (SSSR count). The van der Waals surface area contributed by atoms with E-state index in [1.165, 1.54) is 0 Å². The van der Waals surface area contributed by atoms with Gasteiger partial charge in [0.1, 0.15) is 11.3 Å². The van der Waals surface area contributed by atoms with E-state index in [0.717, 1.165) is 11.1 Å². The molecule has 6 nitrogen and oxygen atoms in total. The summed E-state index contributed by atoms with van der Waals surface area (Å²) in [6, 6.07) is 9.28. The van der Waals surface area contributed by atoms with Crippen molar-refractivity contribution in [2.24, 2.45) is 5.73 Å². The van der Waals surface area contributed by atoms with E-state index in [1.54, 1.807) is 6.07 Å². The van der Waals surface area contributed by atoms with Gasteiger partial charge in [0.25, 0.3) is 0 Å². The van der Waals surface area contributed by atoms with E-state index in [9.17, 15) is 5.11 Å². The van der Waals surface area contributed by atoms with Crippen LogP contribution in [0.1, 0.15) is 5.69 Å². The molecule has 6 heteroatoms. The summed E-state index contributed by atoms with van der Waals surface area (Å²) >= 11 is 0. The summed E-state index contributed by atoms with van der Waals surface area (Å²) in [4.78, 5) is 4.23. The molecule has 110 valence electrons. The number of pyridine rings is 1. The van der Waals surface area contributed by atoms with Gasteiger partial charge in [0.05, 0.1) is 25.4 Å². The van der Waals surface area contributed by atoms with Crippen LogP contribution < -0.4 is 5.73 Å². The average molecular weight is 280 g/mol. The Kier molecular flexibility index (Phi) is 5.84. The largest absolute Gasteiger partial charge is 0.506 e. The highest BCUT2D eigenvalue weighted by atomic mass is 16.3. The van der Waals surface area contributed by atoms with Gasteiger partial charge in [-0.25, -0.2) is 4.98 Å². The molecule has 1 aromatic heterocycles. The van der Waals surface area contributed by atoms with Crippen LogP contribution in [0, 0.1) is 6.92 Å². The fourth-order valence-corrected chi connectivity index (χ4v) is 1.38. The summed E-state index contributed by atoms with van der Waals surface area (Å²) in [5.74, 6) is 0.246. The number of aromatic nitrogens is 1. The van der Waals surface area contributed by atoms with Crippen molar-refractivity contribution in [3.63, 3.8) is 0 Å². The molecule has 0 aliphatic carbocycles. The van der Waals surface area contributed by atoms with Crippen LogP contribution in [0.3, 0.4) is 0 Å². The van der Waals surface area contributed by atoms with Crippen molar-refractivity contribution in [2.45, 2.75) is 12.5 Å². The third kappa shape index (κ3) is 4.14. The number of phenols is 1. The summed E-state index contributed by atoms with van der Waals surface area (Å²) in [5.41, 5.74) is 5.54. The maximum atomic E-state index is 9.43. The van der Waals surface area contributed by atoms with Gasteiger partial charge < -0.3 is 26.2 Å². The molecule has 0 spiro atoms. The summed E-state index contributed by atoms with van der Waals surface area (Å²) in [5, 5.41) is 35.4. The third-order valence-corrected chi connectivity index (χ3v) is 2.78. The fraction of sp³-hybridized carbons (Fsp3) is 0.357. The zero-order valence-electron chi connectivity index (χ0n) is 11.3. The maximum Gasteiger partial charge on any atom is 0.141 e. The first kappa shape index (κ1) is 16.3. The number of nitrogens with two attached hydrogens (primary N) is 1. The summed E-state index contributed by atoms with van der Waals surface area (Å²) in [6.07, 6.45) is 0. The molecule has 1 heterocycles. The number of hydrogen-bond acceptors (Lipinski definition) is 6. The Morgan fingerprint density at radius 3 is 2.15 bits per heavy atom. The topological polar surface area (TPSA) is 120 Å². The van der Waals surface area contributed by atoms with E-state index in [1.807, 2.05) is 31.2 Å². The lowest BCUT2D eigenvalue weighted by Crippen LogP contribution is -2.50. The first-order valence-corrected chi connectivity index (χ1v) is 6.12. The standard InChI is InChI=1S/C10H9NO.C4H11NO3/c1-7-5-6-8-3-2-4-9(12)10(8)11-7;5-4(1-6,2-7)3-8/h2-6,12H,1H3;6-8H,1-3,5H2. The number of aliphatic hydroxyl groups is 3. The third-order valence-electron chi connectivity index (χ3n) is 2.78. The Labute approximate surface area is 117 Å². The second kappa shape index (κ2) is 7.16. The fourth-order valence-electron chi connectivity index (χ4n) is 1.38. The Morgan fingerprint density at radius 2 is 1.65 bits per heavy atom. The van der Waals surface area contributed by atoms with E-state index in [-0.39, 0.29) is 5.75 Å². The number of aryl methyl sites for hydroxylation is 1. The molecular weight excluding hydrogens is 260 g/mol. The van der Waals surface area contributed by atoms with Crippen LogP contribution in [0.5, 0.6) is 5.75 Å². The molecule has 0 radical (unpaired) electrons. The SMILES string of the molecule is Cc1ccc2cccc(O)c2n1.NC(CO)(CO)CO. The smallest absolute Gasteiger partial charge is 0.141 e. The number of para-hydroxylation sites is 1. The minimum atomic E-state index is -1.21. The minimum Gasteiger partial charge on any atom is -0.506 e. The number of aromatic hydroxyl groups is 1. The molecule has 2 aromatic rings. The molecule has 0 saturated heterocycles. The van der Waals surface area contributed by atoms with E-state index in [2.05, 4.69) is 4.98 Å². The number of aliphatic hydroxyl groups excluding tert-OH is 3. The minimum absolute atomic E-state index is 0.246. The van der Waals surface area contributed by atoms with Crippen LogP contribution in [-0.2, 0) is 0 Å². The summed E-state index contributed by atoms with van der Waals surface area (Å²) < 4.78 is 0. The van der Waals surface area contributed by atoms with E-state index < -0.39 is 25.4 Å². The van der Waals surface area contributed by atoms with Gasteiger partial charge in [-0.15, -0.1) is 0 Å². The lowest BCUT2D eigenvalue weighted by molar-refractivity contribution is 0.0698. The zero-order chi connectivity index (χ0) is 15.2. The number of rotatable bonds is 3. The van der Waals surface area contributed by atoms with Crippen molar-refractivity contribution in [2.75, 3.05) is 19.8 Å². The quantitative estimate of drug-likeness (QED) is 0.536. The highest BCUT2D eigenvalue weighted by Gasteiger charge is 2.20. The van der Waals surface area contributed by atoms with Gasteiger partial charge in [-0.1, -0.05) is 18.2 Å². The predicted octanol–water partition coefficient (Wildman–Crippen LogP) is -0.0904. The lowest BCUT2D eigenvalue weighted by Gasteiger charge is -2.20. The molecule has 20 heavy (non-hydrogen) atoms. The Hall–Kier alpha value is -1.73. The van der Waals surface area contributed by atoms with Crippen LogP contribution in [-0.4, -0.2) is 50.8 Å². The van der Waals surface area contributed by atoms with Crippen molar-refractivity contribution in [3.8, 4) is 5.75 Å². The van der Waals surface area contributed by atoms with Gasteiger partial charge in [-0.3, -0.25) is 0 Å². The molecule has 0 saturated carbocycles. The van der Waals surface area contributed by atoms with Crippen molar-refractivity contribution >= 4 is 10.9 Å². The number of benzene rings is 1. The normalized spacial score (nSPS) is 11.1. The molecule has 0 aliphatic heterocycles. The van der Waals surface area contributed by atoms with Gasteiger partial charge in [0.2, 0.25) is 0 Å². The van der Waals surface area contributed by atoms with Gasteiger partial charge in [-0.05, 0) is 19.1 Å². The monoisotopic (exact) mass is 280 g/mol. The predicted molar refractivity (Wildman–Crippen MR) is 76.3 cm³/mol. The molecule has 0 amide bonds. The maximum absolute atomic E-state index is 9.43. The lowest BCUT2D eigenvalue weighted by atomic mass is 10.1. The first-order chi connectivity index (χ1) is 9.45. The molecular formula is C14H20N2O4. The van der Waals surface area contributed by atoms with E-state index in [0.29, 0.717) is 5.52 Å². The number of phenolic OH excluding ortho intramolecular Hbond substituents is 1. The molecule has 6 N–H and O–H groups in total. The first-order valence-electron chi connectivity index (χ1n) is 6.12. The highest BCUT2D eigenvalue weighted by Crippen LogP contribution is 2.21. The molecule has 0 bridgehead atoms. The van der Waals surface area contributed by atoms with Gasteiger partial charge in [0, 0.05) is 11.1 Å². The van der Waals surface area contributed by atoms with Crippen molar-refractivity contribution in [1.29, 1.82) is 0 Å². The molecule has 0 aliphatic rings. The molecule has 0 fully saturated rings. The van der Waals surface area contributed by atoms with Gasteiger partial charge in [0.15, 0.2) is 0 Å². The number of hydrogen-bond donors (Lipinski definition) is 5. The van der Waals surface area contributed by atoms with Crippen LogP contribution in [0.2, 0.25) is 0 Å². The van der Waals surface area contributed by atoms with Gasteiger partial charge in [-0.2, -0.15) is 0 Å². The zero-order valence-corrected chi connectivity index (χ0v) is 11.3. The van der Waals surface area contributed by atoms with E-state index in [4.69, 9.17) is 21.1 Å². The number of fused-ring (bicyclic) bond motifs is 1. The summed E-state index contributed by atoms with van der Waals surface area (Å²) in [7, 11) is 0. The van der Waals surface area contributed by atoms with E-state index >= 15 is 0 Å². The van der Waals surface area contributed by atoms with Gasteiger partial charge >= 0.3 is 0 Å². The second-order valence-corrected chi connectivity index (χ2v) is 4.64. The van der Waals surface area contributed by atoms with Crippen LogP contribution in [0.4, 0.5) is 0 Å². The highest BCUT2D eigenvalue weighted by molar-refractivity contribution is 5.84. The Balaban J connectivity index is 0.000000221. The van der Waals surface area contributed by atoms with Crippen LogP contribution in [0.25, 0.3) is 10.9 Å². The summed E-state index contributed by atoms with van der Waals surface area (Å²) in [6.45, 7) is 0.700. The molecule has 0 unspecified atom stereocenters. The number of nitrogens with zero attached hydrogens (tertiary/aromatic N) is 1. The van der Waals surface area contributed by atoms with Crippen molar-refractivity contribution in [1.82, 2.24) is 4.98 Å². The molecule has 1 aromatic carbocycles. The Morgan fingerprint density at radius 1 is 1.05 bits per heavy atom. The average Bonchev–Trinajstić information content (AvgIpc) is 2.48. The van der Waals surface area contributed by atoms with Crippen molar-refractivity contribution in [3.05, 3.63) is 36.0 Å². The van der Waals surface area contributed by atoms with Crippen LogP contribution in [0.15, 0.2) is 30.3 Å².